The average molecular weight is 517 g/mol. The van der Waals surface area contributed by atoms with Gasteiger partial charge in [-0.3, -0.25) is 9.59 Å². The van der Waals surface area contributed by atoms with E-state index in [1.54, 1.807) is 26.0 Å². The van der Waals surface area contributed by atoms with Crippen LogP contribution in [0.3, 0.4) is 0 Å². The lowest BCUT2D eigenvalue weighted by atomic mass is 9.87. The Morgan fingerprint density at radius 1 is 1.03 bits per heavy atom. The maximum absolute atomic E-state index is 14.8. The number of alkyl halides is 2. The van der Waals surface area contributed by atoms with Crippen molar-refractivity contribution in [2.75, 3.05) is 16.8 Å². The Kier molecular flexibility index (Phi) is 6.62. The van der Waals surface area contributed by atoms with E-state index in [0.29, 0.717) is 22.4 Å². The molecule has 0 fully saturated rings. The number of nitrogens with one attached hydrogen (secondary N) is 1. The zero-order chi connectivity index (χ0) is 26.4. The third-order valence-corrected chi connectivity index (χ3v) is 6.77. The Balaban J connectivity index is 1.64. The van der Waals surface area contributed by atoms with Gasteiger partial charge in [0.1, 0.15) is 5.82 Å². The molecule has 0 saturated carbocycles. The lowest BCUT2D eigenvalue weighted by Crippen LogP contribution is -2.42. The molecule has 5 nitrogen and oxygen atoms in total. The fourth-order valence-electron chi connectivity index (χ4n) is 4.32. The van der Waals surface area contributed by atoms with Crippen molar-refractivity contribution < 1.29 is 27.9 Å². The van der Waals surface area contributed by atoms with Crippen molar-refractivity contribution >= 4 is 34.8 Å². The number of halogens is 4. The fraction of sp³-hybridized carbons (Fsp3) is 0.259. The van der Waals surface area contributed by atoms with Crippen LogP contribution in [-0.2, 0) is 5.60 Å². The minimum atomic E-state index is -3.50. The van der Waals surface area contributed by atoms with Crippen LogP contribution in [0.4, 0.5) is 24.5 Å². The second kappa shape index (κ2) is 9.26. The third-order valence-electron chi connectivity index (χ3n) is 6.54. The summed E-state index contributed by atoms with van der Waals surface area (Å²) in [6.45, 7) is 4.01. The van der Waals surface area contributed by atoms with E-state index in [1.807, 2.05) is 0 Å². The third kappa shape index (κ3) is 4.58. The molecule has 1 heterocycles. The van der Waals surface area contributed by atoms with Gasteiger partial charge in [-0.15, -0.1) is 0 Å². The first-order chi connectivity index (χ1) is 16.8. The summed E-state index contributed by atoms with van der Waals surface area (Å²) >= 11 is 6.02. The molecule has 0 radical (unpaired) electrons. The highest BCUT2D eigenvalue weighted by Gasteiger charge is 2.53. The normalized spacial score (nSPS) is 18.8. The largest absolute Gasteiger partial charge is 0.379 e. The number of benzene rings is 3. The fourth-order valence-corrected chi connectivity index (χ4v) is 4.49. The topological polar surface area (TPSA) is 69.6 Å². The van der Waals surface area contributed by atoms with Crippen molar-refractivity contribution in [2.45, 2.75) is 38.7 Å². The van der Waals surface area contributed by atoms with Crippen molar-refractivity contribution in [3.05, 3.63) is 93.3 Å². The van der Waals surface area contributed by atoms with Crippen LogP contribution >= 0.6 is 11.6 Å². The van der Waals surface area contributed by atoms with Crippen LogP contribution in [0.25, 0.3) is 0 Å². The monoisotopic (exact) mass is 516 g/mol. The van der Waals surface area contributed by atoms with Gasteiger partial charge in [0, 0.05) is 40.4 Å². The summed E-state index contributed by atoms with van der Waals surface area (Å²) in [6.07, 6.45) is -0.748. The van der Waals surface area contributed by atoms with Crippen molar-refractivity contribution in [3.63, 3.8) is 0 Å². The van der Waals surface area contributed by atoms with Crippen LogP contribution in [0.15, 0.2) is 54.6 Å². The zero-order valence-electron chi connectivity index (χ0n) is 19.8. The highest BCUT2D eigenvalue weighted by molar-refractivity contribution is 6.30. The second-order valence-corrected chi connectivity index (χ2v) is 9.52. The number of hydrogen-bond donors (Lipinski definition) is 2. The van der Waals surface area contributed by atoms with Gasteiger partial charge in [0.05, 0.1) is 5.69 Å². The van der Waals surface area contributed by atoms with E-state index in [9.17, 15) is 27.9 Å². The molecule has 0 bridgehead atoms. The number of aliphatic hydroxyl groups is 1. The molecule has 0 aromatic heterocycles. The molecule has 0 unspecified atom stereocenters. The van der Waals surface area contributed by atoms with E-state index in [-0.39, 0.29) is 28.4 Å². The number of carbonyl (C=O) groups excluding carboxylic acids is 2. The Hall–Kier alpha value is -3.36. The number of carbonyl (C=O) groups is 2. The molecule has 3 aromatic rings. The SMILES string of the molecule is Cc1cc(C(=O)N2CCC(F)(F)[C@](C)(O)c3cc(Cl)ccc32)ccc1NC(=O)c1ccc(F)cc1C. The minimum absolute atomic E-state index is 0.138. The number of amides is 2. The van der Waals surface area contributed by atoms with E-state index in [0.717, 1.165) is 6.92 Å². The number of hydrogen-bond acceptors (Lipinski definition) is 3. The van der Waals surface area contributed by atoms with Gasteiger partial charge in [0.15, 0.2) is 5.60 Å². The number of aryl methyl sites for hydroxylation is 2. The van der Waals surface area contributed by atoms with Crippen molar-refractivity contribution in [3.8, 4) is 0 Å². The number of anilines is 2. The van der Waals surface area contributed by atoms with Crippen LogP contribution in [0.1, 0.15) is 50.8 Å². The molecular weight excluding hydrogens is 493 g/mol. The van der Waals surface area contributed by atoms with E-state index >= 15 is 0 Å². The molecule has 0 aliphatic carbocycles. The molecule has 36 heavy (non-hydrogen) atoms. The van der Waals surface area contributed by atoms with Crippen molar-refractivity contribution in [1.82, 2.24) is 0 Å². The predicted molar refractivity (Wildman–Crippen MR) is 133 cm³/mol. The Morgan fingerprint density at radius 2 is 1.75 bits per heavy atom. The maximum atomic E-state index is 14.8. The van der Waals surface area contributed by atoms with Crippen LogP contribution in [-0.4, -0.2) is 29.4 Å². The van der Waals surface area contributed by atoms with Crippen LogP contribution < -0.4 is 10.2 Å². The van der Waals surface area contributed by atoms with Gasteiger partial charge in [-0.25, -0.2) is 13.2 Å². The summed E-state index contributed by atoms with van der Waals surface area (Å²) in [5.74, 6) is -4.91. The number of rotatable bonds is 3. The Bertz CT molecular complexity index is 1370. The summed E-state index contributed by atoms with van der Waals surface area (Å²) in [6, 6.07) is 12.6. The smallest absolute Gasteiger partial charge is 0.281 e. The summed E-state index contributed by atoms with van der Waals surface area (Å²) in [5, 5.41) is 13.6. The van der Waals surface area contributed by atoms with Gasteiger partial charge >= 0.3 is 0 Å². The molecule has 2 N–H and O–H groups in total. The van der Waals surface area contributed by atoms with Gasteiger partial charge in [-0.1, -0.05) is 11.6 Å². The minimum Gasteiger partial charge on any atom is -0.379 e. The van der Waals surface area contributed by atoms with Crippen LogP contribution in [0.5, 0.6) is 0 Å². The molecule has 9 heteroatoms. The van der Waals surface area contributed by atoms with E-state index in [1.165, 1.54) is 47.4 Å². The molecule has 1 aliphatic heterocycles. The van der Waals surface area contributed by atoms with Gasteiger partial charge in [0.2, 0.25) is 0 Å². The van der Waals surface area contributed by atoms with E-state index in [2.05, 4.69) is 5.32 Å². The quantitative estimate of drug-likeness (QED) is 0.433. The summed E-state index contributed by atoms with van der Waals surface area (Å²) < 4.78 is 43.0. The lowest BCUT2D eigenvalue weighted by molar-refractivity contribution is -0.177. The first kappa shape index (κ1) is 25.7. The lowest BCUT2D eigenvalue weighted by Gasteiger charge is -2.32. The Labute approximate surface area is 211 Å². The molecule has 3 aromatic carbocycles. The van der Waals surface area contributed by atoms with Gasteiger partial charge in [0.25, 0.3) is 17.7 Å². The zero-order valence-corrected chi connectivity index (χ0v) is 20.6. The highest BCUT2D eigenvalue weighted by Crippen LogP contribution is 2.47. The van der Waals surface area contributed by atoms with Crippen molar-refractivity contribution in [1.29, 1.82) is 0 Å². The van der Waals surface area contributed by atoms with Gasteiger partial charge in [-0.05, 0) is 86.5 Å². The van der Waals surface area contributed by atoms with E-state index < -0.39 is 35.6 Å². The molecule has 0 saturated heterocycles. The summed E-state index contributed by atoms with van der Waals surface area (Å²) in [4.78, 5) is 27.3. The number of nitrogens with zero attached hydrogens (tertiary/aromatic N) is 1. The van der Waals surface area contributed by atoms with Gasteiger partial charge < -0.3 is 15.3 Å². The molecule has 4 rings (SSSR count). The second-order valence-electron chi connectivity index (χ2n) is 9.09. The standard InChI is InChI=1S/C27H24ClF3N2O3/c1-15-13-19(29)6-7-20(15)24(34)32-22-8-4-17(12-16(22)2)25(35)33-11-10-27(30,31)26(3,36)21-14-18(28)5-9-23(21)33/h4-9,12-14,36H,10-11H2,1-3H3,(H,32,34)/t26-/m1/s1. The summed E-state index contributed by atoms with van der Waals surface area (Å²) in [7, 11) is 0. The first-order valence-electron chi connectivity index (χ1n) is 11.2. The molecule has 188 valence electrons. The molecule has 0 spiro atoms. The molecule has 1 aliphatic rings. The van der Waals surface area contributed by atoms with Crippen molar-refractivity contribution in [2.24, 2.45) is 0 Å². The highest BCUT2D eigenvalue weighted by atomic mass is 35.5. The predicted octanol–water partition coefficient (Wildman–Crippen LogP) is 6.24. The van der Waals surface area contributed by atoms with Crippen LogP contribution in [0.2, 0.25) is 5.02 Å². The molecular formula is C27H24ClF3N2O3. The first-order valence-corrected chi connectivity index (χ1v) is 11.6. The Morgan fingerprint density at radius 3 is 2.42 bits per heavy atom. The van der Waals surface area contributed by atoms with Gasteiger partial charge in [-0.2, -0.15) is 0 Å². The molecule has 2 amide bonds. The summed E-state index contributed by atoms with van der Waals surface area (Å²) in [5.41, 5.74) is -0.502. The average Bonchev–Trinajstić information content (AvgIpc) is 2.87. The van der Waals surface area contributed by atoms with E-state index in [4.69, 9.17) is 11.6 Å². The van der Waals surface area contributed by atoms with Crippen LogP contribution in [0, 0.1) is 19.7 Å². The molecule has 1 atom stereocenters. The number of fused-ring (bicyclic) bond motifs is 1. The maximum Gasteiger partial charge on any atom is 0.281 e.